The molecule has 1 N–H and O–H groups in total. The lowest BCUT2D eigenvalue weighted by atomic mass is 9.93. The van der Waals surface area contributed by atoms with E-state index in [9.17, 15) is 4.79 Å². The summed E-state index contributed by atoms with van der Waals surface area (Å²) in [6.07, 6.45) is 5.21. The summed E-state index contributed by atoms with van der Waals surface area (Å²) >= 11 is 0. The summed E-state index contributed by atoms with van der Waals surface area (Å²) < 4.78 is 5.82. The maximum Gasteiger partial charge on any atom is 0.226 e. The third-order valence-electron chi connectivity index (χ3n) is 5.58. The molecular formula is C18H33N3O2. The molecule has 0 radical (unpaired) electrons. The van der Waals surface area contributed by atoms with Gasteiger partial charge in [0.05, 0.1) is 18.1 Å². The number of morpholine rings is 1. The molecule has 3 saturated heterocycles. The van der Waals surface area contributed by atoms with Gasteiger partial charge in [0.15, 0.2) is 0 Å². The first-order valence-corrected chi connectivity index (χ1v) is 9.49. The lowest BCUT2D eigenvalue weighted by Crippen LogP contribution is -2.50. The summed E-state index contributed by atoms with van der Waals surface area (Å²) in [7, 11) is 0. The zero-order valence-electron chi connectivity index (χ0n) is 14.8. The minimum atomic E-state index is 0.223. The molecule has 5 nitrogen and oxygen atoms in total. The average molecular weight is 323 g/mol. The molecule has 1 amide bonds. The van der Waals surface area contributed by atoms with Crippen molar-refractivity contribution in [1.82, 2.24) is 15.1 Å². The molecule has 3 heterocycles. The number of hydrogen-bond acceptors (Lipinski definition) is 4. The van der Waals surface area contributed by atoms with Gasteiger partial charge in [-0.1, -0.05) is 0 Å². The van der Waals surface area contributed by atoms with E-state index in [1.165, 1.54) is 6.54 Å². The number of likely N-dealkylation sites (tertiary alicyclic amines) is 1. The molecule has 0 aromatic heterocycles. The number of carbonyl (C=O) groups excluding carboxylic acids is 1. The quantitative estimate of drug-likeness (QED) is 0.851. The first-order chi connectivity index (χ1) is 11.1. The van der Waals surface area contributed by atoms with Crippen LogP contribution in [0.15, 0.2) is 0 Å². The Morgan fingerprint density at radius 2 is 1.83 bits per heavy atom. The Bertz CT molecular complexity index is 380. The first kappa shape index (κ1) is 17.2. The molecule has 5 heteroatoms. The lowest BCUT2D eigenvalue weighted by Gasteiger charge is -2.40. The van der Waals surface area contributed by atoms with Crippen LogP contribution in [0.4, 0.5) is 0 Å². The van der Waals surface area contributed by atoms with Gasteiger partial charge in [-0.05, 0) is 52.0 Å². The highest BCUT2D eigenvalue weighted by Gasteiger charge is 2.30. The zero-order valence-corrected chi connectivity index (χ0v) is 14.8. The fourth-order valence-corrected chi connectivity index (χ4v) is 4.46. The zero-order chi connectivity index (χ0) is 16.2. The summed E-state index contributed by atoms with van der Waals surface area (Å²) in [6.45, 7) is 11.5. The highest BCUT2D eigenvalue weighted by atomic mass is 16.5. The Balaban J connectivity index is 1.42. The van der Waals surface area contributed by atoms with Crippen LogP contribution in [0.1, 0.15) is 39.5 Å². The predicted octanol–water partition coefficient (Wildman–Crippen LogP) is 1.33. The molecule has 0 bridgehead atoms. The predicted molar refractivity (Wildman–Crippen MR) is 91.3 cm³/mol. The molecule has 0 aromatic rings. The van der Waals surface area contributed by atoms with E-state index in [4.69, 9.17) is 4.74 Å². The third kappa shape index (κ3) is 4.68. The summed E-state index contributed by atoms with van der Waals surface area (Å²) in [5, 5.41) is 3.36. The lowest BCUT2D eigenvalue weighted by molar-refractivity contribution is -0.137. The van der Waals surface area contributed by atoms with E-state index in [1.54, 1.807) is 0 Å². The van der Waals surface area contributed by atoms with Crippen LogP contribution in [0.5, 0.6) is 0 Å². The second kappa shape index (κ2) is 7.95. The molecule has 3 fully saturated rings. The number of rotatable bonds is 3. The molecule has 23 heavy (non-hydrogen) atoms. The van der Waals surface area contributed by atoms with Crippen LogP contribution in [0, 0.1) is 11.8 Å². The second-order valence-corrected chi connectivity index (χ2v) is 7.79. The van der Waals surface area contributed by atoms with Crippen LogP contribution >= 0.6 is 0 Å². The van der Waals surface area contributed by atoms with E-state index < -0.39 is 0 Å². The molecule has 3 atom stereocenters. The summed E-state index contributed by atoms with van der Waals surface area (Å²) in [5.74, 6) is 1.35. The van der Waals surface area contributed by atoms with Crippen LogP contribution < -0.4 is 5.32 Å². The third-order valence-corrected chi connectivity index (χ3v) is 5.58. The SMILES string of the molecule is CC1CN(CC2CCN(C(=O)C3CCCNC3)CC2)CC(C)O1. The topological polar surface area (TPSA) is 44.8 Å². The number of nitrogens with zero attached hydrogens (tertiary/aromatic N) is 2. The van der Waals surface area contributed by atoms with Crippen LogP contribution in [-0.4, -0.2) is 73.7 Å². The number of carbonyl (C=O) groups is 1. The van der Waals surface area contributed by atoms with Gasteiger partial charge >= 0.3 is 0 Å². The number of ether oxygens (including phenoxy) is 1. The second-order valence-electron chi connectivity index (χ2n) is 7.79. The van der Waals surface area contributed by atoms with Gasteiger partial charge in [0, 0.05) is 39.3 Å². The normalized spacial score (nSPS) is 34.5. The van der Waals surface area contributed by atoms with Crippen molar-refractivity contribution in [1.29, 1.82) is 0 Å². The van der Waals surface area contributed by atoms with Crippen LogP contribution in [0.25, 0.3) is 0 Å². The van der Waals surface area contributed by atoms with E-state index >= 15 is 0 Å². The highest BCUT2D eigenvalue weighted by molar-refractivity contribution is 5.79. The van der Waals surface area contributed by atoms with E-state index in [0.29, 0.717) is 18.1 Å². The van der Waals surface area contributed by atoms with Crippen molar-refractivity contribution in [3.05, 3.63) is 0 Å². The molecule has 3 aliphatic rings. The Labute approximate surface area is 140 Å². The van der Waals surface area contributed by atoms with Crippen molar-refractivity contribution in [3.8, 4) is 0 Å². The van der Waals surface area contributed by atoms with Crippen LogP contribution in [0.3, 0.4) is 0 Å². The Hall–Kier alpha value is -0.650. The van der Waals surface area contributed by atoms with Gasteiger partial charge in [-0.3, -0.25) is 9.69 Å². The number of piperidine rings is 2. The standard InChI is InChI=1S/C18H33N3O2/c1-14-11-20(12-15(2)23-14)13-16-5-8-21(9-6-16)18(22)17-4-3-7-19-10-17/h14-17,19H,3-13H2,1-2H3. The average Bonchev–Trinajstić information content (AvgIpc) is 2.55. The van der Waals surface area contributed by atoms with E-state index in [-0.39, 0.29) is 5.92 Å². The number of hydrogen-bond donors (Lipinski definition) is 1. The minimum absolute atomic E-state index is 0.223. The molecule has 0 aliphatic carbocycles. The van der Waals surface area contributed by atoms with Gasteiger partial charge in [0.1, 0.15) is 0 Å². The Kier molecular flexibility index (Phi) is 5.94. The molecule has 3 rings (SSSR count). The molecule has 0 spiro atoms. The van der Waals surface area contributed by atoms with Crippen molar-refractivity contribution in [3.63, 3.8) is 0 Å². The van der Waals surface area contributed by atoms with E-state index in [1.807, 2.05) is 0 Å². The molecular weight excluding hydrogens is 290 g/mol. The Morgan fingerprint density at radius 3 is 2.43 bits per heavy atom. The van der Waals surface area contributed by atoms with Crippen molar-refractivity contribution >= 4 is 5.91 Å². The summed E-state index contributed by atoms with van der Waals surface area (Å²) in [5.41, 5.74) is 0. The van der Waals surface area contributed by atoms with Crippen molar-refractivity contribution in [2.45, 2.75) is 51.7 Å². The fraction of sp³-hybridized carbons (Fsp3) is 0.944. The molecule has 0 saturated carbocycles. The summed E-state index contributed by atoms with van der Waals surface area (Å²) in [4.78, 5) is 17.3. The Morgan fingerprint density at radius 1 is 1.13 bits per heavy atom. The van der Waals surface area contributed by atoms with Crippen molar-refractivity contribution in [2.24, 2.45) is 11.8 Å². The number of nitrogens with one attached hydrogen (secondary N) is 1. The van der Waals surface area contributed by atoms with Gasteiger partial charge < -0.3 is 15.0 Å². The number of amides is 1. The minimum Gasteiger partial charge on any atom is -0.373 e. The molecule has 3 aliphatic heterocycles. The van der Waals surface area contributed by atoms with Crippen LogP contribution in [-0.2, 0) is 9.53 Å². The smallest absolute Gasteiger partial charge is 0.226 e. The maximum absolute atomic E-state index is 12.6. The van der Waals surface area contributed by atoms with Crippen LogP contribution in [0.2, 0.25) is 0 Å². The first-order valence-electron chi connectivity index (χ1n) is 9.49. The summed E-state index contributed by atoms with van der Waals surface area (Å²) in [6, 6.07) is 0. The van der Waals surface area contributed by atoms with Crippen molar-refractivity contribution < 1.29 is 9.53 Å². The van der Waals surface area contributed by atoms with E-state index in [2.05, 4.69) is 29.0 Å². The van der Waals surface area contributed by atoms with Gasteiger partial charge in [-0.15, -0.1) is 0 Å². The van der Waals surface area contributed by atoms with Gasteiger partial charge in [-0.2, -0.15) is 0 Å². The monoisotopic (exact) mass is 323 g/mol. The largest absolute Gasteiger partial charge is 0.373 e. The molecule has 0 aromatic carbocycles. The van der Waals surface area contributed by atoms with Gasteiger partial charge in [0.2, 0.25) is 5.91 Å². The van der Waals surface area contributed by atoms with Gasteiger partial charge in [-0.25, -0.2) is 0 Å². The molecule has 3 unspecified atom stereocenters. The fourth-order valence-electron chi connectivity index (χ4n) is 4.46. The molecule has 132 valence electrons. The maximum atomic E-state index is 12.6. The van der Waals surface area contributed by atoms with Crippen molar-refractivity contribution in [2.75, 3.05) is 45.8 Å². The highest BCUT2D eigenvalue weighted by Crippen LogP contribution is 2.23. The van der Waals surface area contributed by atoms with E-state index in [0.717, 1.165) is 70.9 Å². The van der Waals surface area contributed by atoms with Gasteiger partial charge in [0.25, 0.3) is 0 Å².